The molecule has 2 unspecified atom stereocenters. The lowest BCUT2D eigenvalue weighted by atomic mass is 9.95. The first kappa shape index (κ1) is 11.7. The minimum atomic E-state index is -0.265. The highest BCUT2D eigenvalue weighted by molar-refractivity contribution is 6.20. The van der Waals surface area contributed by atoms with Crippen LogP contribution in [0.2, 0.25) is 0 Å². The Hall–Kier alpha value is -0.810. The Morgan fingerprint density at radius 1 is 1.50 bits per heavy atom. The Kier molecular flexibility index (Phi) is 3.35. The molecular weight excluding hydrogens is 230 g/mol. The summed E-state index contributed by atoms with van der Waals surface area (Å²) in [5, 5.41) is 10.7. The van der Waals surface area contributed by atoms with Crippen molar-refractivity contribution in [2.24, 2.45) is 0 Å². The molecule has 2 heterocycles. The minimum absolute atomic E-state index is 0.127. The van der Waals surface area contributed by atoms with E-state index < -0.39 is 0 Å². The topological polar surface area (TPSA) is 60.2 Å². The molecule has 2 atom stereocenters. The quantitative estimate of drug-likeness (QED) is 0.829. The highest BCUT2D eigenvalue weighted by Gasteiger charge is 2.29. The predicted molar refractivity (Wildman–Crippen MR) is 60.6 cm³/mol. The van der Waals surface area contributed by atoms with E-state index in [0.717, 1.165) is 19.4 Å². The third kappa shape index (κ3) is 2.65. The van der Waals surface area contributed by atoms with Crippen LogP contribution in [0.5, 0.6) is 0 Å². The number of anilines is 1. The number of nitrogens with one attached hydrogen (secondary N) is 1. The molecule has 1 aliphatic heterocycles. The van der Waals surface area contributed by atoms with Gasteiger partial charge in [0.25, 0.3) is 0 Å². The number of ether oxygens (including phenoxy) is 1. The number of halogens is 1. The van der Waals surface area contributed by atoms with Crippen molar-refractivity contribution in [3.8, 4) is 0 Å². The van der Waals surface area contributed by atoms with Crippen molar-refractivity contribution in [3.05, 3.63) is 5.89 Å². The lowest BCUT2D eigenvalue weighted by Gasteiger charge is -2.33. The summed E-state index contributed by atoms with van der Waals surface area (Å²) in [5.41, 5.74) is -0.127. The van der Waals surface area contributed by atoms with Crippen molar-refractivity contribution in [2.45, 2.75) is 37.6 Å². The lowest BCUT2D eigenvalue weighted by Crippen LogP contribution is -2.43. The van der Waals surface area contributed by atoms with E-state index in [4.69, 9.17) is 20.8 Å². The Labute approximate surface area is 99.5 Å². The molecule has 0 aromatic carbocycles. The molecule has 1 aromatic heterocycles. The van der Waals surface area contributed by atoms with Gasteiger partial charge in [-0.15, -0.1) is 16.7 Å². The van der Waals surface area contributed by atoms with Crippen molar-refractivity contribution in [1.29, 1.82) is 0 Å². The van der Waals surface area contributed by atoms with Gasteiger partial charge in [0.05, 0.1) is 12.1 Å². The van der Waals surface area contributed by atoms with Crippen LogP contribution < -0.4 is 5.32 Å². The van der Waals surface area contributed by atoms with Gasteiger partial charge in [-0.25, -0.2) is 0 Å². The summed E-state index contributed by atoms with van der Waals surface area (Å²) in [6.07, 6.45) is 2.07. The SMILES string of the molecule is CC(Cl)c1nnc(NC2(C)CCCOC2)o1. The number of rotatable bonds is 3. The summed E-state index contributed by atoms with van der Waals surface area (Å²) in [6.45, 7) is 5.36. The number of hydrogen-bond donors (Lipinski definition) is 1. The Morgan fingerprint density at radius 2 is 2.31 bits per heavy atom. The van der Waals surface area contributed by atoms with Crippen LogP contribution in [0.1, 0.15) is 38.0 Å². The summed E-state index contributed by atoms with van der Waals surface area (Å²) >= 11 is 5.85. The average molecular weight is 246 g/mol. The number of aromatic nitrogens is 2. The van der Waals surface area contributed by atoms with Crippen molar-refractivity contribution < 1.29 is 9.15 Å². The molecule has 0 spiro atoms. The molecule has 2 rings (SSSR count). The molecule has 1 fully saturated rings. The van der Waals surface area contributed by atoms with Crippen LogP contribution >= 0.6 is 11.6 Å². The van der Waals surface area contributed by atoms with Crippen LogP contribution in [-0.2, 0) is 4.74 Å². The maximum Gasteiger partial charge on any atom is 0.316 e. The van der Waals surface area contributed by atoms with E-state index in [-0.39, 0.29) is 10.9 Å². The van der Waals surface area contributed by atoms with Gasteiger partial charge in [-0.05, 0) is 26.7 Å². The summed E-state index contributed by atoms with van der Waals surface area (Å²) in [5.74, 6) is 0.435. The van der Waals surface area contributed by atoms with Crippen molar-refractivity contribution in [2.75, 3.05) is 18.5 Å². The van der Waals surface area contributed by atoms with Crippen molar-refractivity contribution in [3.63, 3.8) is 0 Å². The maximum atomic E-state index is 5.85. The zero-order chi connectivity index (χ0) is 11.6. The van der Waals surface area contributed by atoms with Crippen LogP contribution in [0.3, 0.4) is 0 Å². The van der Waals surface area contributed by atoms with E-state index >= 15 is 0 Å². The largest absolute Gasteiger partial charge is 0.406 e. The molecule has 6 heteroatoms. The zero-order valence-electron chi connectivity index (χ0n) is 9.49. The average Bonchev–Trinajstić information content (AvgIpc) is 2.66. The standard InChI is InChI=1S/C10H16ClN3O2/c1-7(11)8-13-14-9(16-8)12-10(2)4-3-5-15-6-10/h7H,3-6H2,1-2H3,(H,12,14). The van der Waals surface area contributed by atoms with Crippen LogP contribution in [-0.4, -0.2) is 29.0 Å². The number of nitrogens with zero attached hydrogens (tertiary/aromatic N) is 2. The molecule has 0 saturated carbocycles. The molecular formula is C10H16ClN3O2. The molecule has 1 aromatic rings. The first-order chi connectivity index (χ1) is 7.59. The maximum absolute atomic E-state index is 5.85. The van der Waals surface area contributed by atoms with Gasteiger partial charge in [0.1, 0.15) is 5.38 Å². The van der Waals surface area contributed by atoms with E-state index in [1.165, 1.54) is 0 Å². The first-order valence-electron chi connectivity index (χ1n) is 5.42. The van der Waals surface area contributed by atoms with E-state index in [1.807, 2.05) is 0 Å². The third-order valence-corrected chi connectivity index (χ3v) is 2.81. The predicted octanol–water partition coefficient (Wildman–Crippen LogP) is 2.35. The second kappa shape index (κ2) is 4.59. The van der Waals surface area contributed by atoms with Crippen LogP contribution in [0.4, 0.5) is 6.01 Å². The summed E-state index contributed by atoms with van der Waals surface area (Å²) < 4.78 is 10.8. The van der Waals surface area contributed by atoms with Gasteiger partial charge in [-0.3, -0.25) is 0 Å². The smallest absolute Gasteiger partial charge is 0.316 e. The third-order valence-electron chi connectivity index (χ3n) is 2.63. The normalized spacial score (nSPS) is 27.7. The minimum Gasteiger partial charge on any atom is -0.406 e. The first-order valence-corrected chi connectivity index (χ1v) is 5.86. The zero-order valence-corrected chi connectivity index (χ0v) is 10.3. The van der Waals surface area contributed by atoms with Crippen LogP contribution in [0, 0.1) is 0 Å². The fourth-order valence-electron chi connectivity index (χ4n) is 1.74. The highest BCUT2D eigenvalue weighted by atomic mass is 35.5. The molecule has 16 heavy (non-hydrogen) atoms. The lowest BCUT2D eigenvalue weighted by molar-refractivity contribution is 0.0530. The Morgan fingerprint density at radius 3 is 2.88 bits per heavy atom. The Bertz CT molecular complexity index is 348. The fourth-order valence-corrected chi connectivity index (χ4v) is 1.82. The highest BCUT2D eigenvalue weighted by Crippen LogP contribution is 2.25. The van der Waals surface area contributed by atoms with Gasteiger partial charge >= 0.3 is 6.01 Å². The molecule has 0 amide bonds. The van der Waals surface area contributed by atoms with E-state index in [2.05, 4.69) is 22.4 Å². The summed E-state index contributed by atoms with van der Waals surface area (Å²) in [6, 6.07) is 0.413. The van der Waals surface area contributed by atoms with Gasteiger partial charge in [0, 0.05) is 6.61 Å². The van der Waals surface area contributed by atoms with Crippen LogP contribution in [0.25, 0.3) is 0 Å². The summed E-state index contributed by atoms with van der Waals surface area (Å²) in [7, 11) is 0. The number of alkyl halides is 1. The molecule has 0 bridgehead atoms. The van der Waals surface area contributed by atoms with E-state index in [9.17, 15) is 0 Å². The van der Waals surface area contributed by atoms with Gasteiger partial charge in [-0.2, -0.15) is 0 Å². The Balaban J connectivity index is 2.02. The summed E-state index contributed by atoms with van der Waals surface area (Å²) in [4.78, 5) is 0. The van der Waals surface area contributed by atoms with Crippen LogP contribution in [0.15, 0.2) is 4.42 Å². The van der Waals surface area contributed by atoms with E-state index in [0.29, 0.717) is 18.5 Å². The second-order valence-corrected chi connectivity index (χ2v) is 5.06. The van der Waals surface area contributed by atoms with E-state index in [1.54, 1.807) is 6.92 Å². The molecule has 1 saturated heterocycles. The molecule has 1 N–H and O–H groups in total. The number of hydrogen-bond acceptors (Lipinski definition) is 5. The van der Waals surface area contributed by atoms with Gasteiger partial charge < -0.3 is 14.5 Å². The van der Waals surface area contributed by atoms with Crippen molar-refractivity contribution >= 4 is 17.6 Å². The molecule has 0 aliphatic carbocycles. The van der Waals surface area contributed by atoms with Crippen molar-refractivity contribution in [1.82, 2.24) is 10.2 Å². The van der Waals surface area contributed by atoms with Gasteiger partial charge in [0.2, 0.25) is 5.89 Å². The molecule has 0 radical (unpaired) electrons. The van der Waals surface area contributed by atoms with Gasteiger partial charge in [0.15, 0.2) is 0 Å². The fraction of sp³-hybridized carbons (Fsp3) is 0.800. The van der Waals surface area contributed by atoms with Gasteiger partial charge in [-0.1, -0.05) is 5.10 Å². The molecule has 90 valence electrons. The molecule has 1 aliphatic rings. The second-order valence-electron chi connectivity index (χ2n) is 4.40. The molecule has 5 nitrogen and oxygen atoms in total. The monoisotopic (exact) mass is 245 g/mol.